The molecule has 1 heterocycles. The number of hydrogen-bond acceptors (Lipinski definition) is 3. The summed E-state index contributed by atoms with van der Waals surface area (Å²) in [6, 6.07) is 4.87. The van der Waals surface area contributed by atoms with E-state index in [0.717, 1.165) is 37.4 Å². The third kappa shape index (κ3) is 4.17. The molecule has 2 rings (SSSR count). The normalized spacial score (nSPS) is 17.6. The molecular weight excluding hydrogens is 269 g/mol. The predicted molar refractivity (Wildman–Crippen MR) is 83.0 cm³/mol. The van der Waals surface area contributed by atoms with Crippen LogP contribution in [0.1, 0.15) is 31.9 Å². The summed E-state index contributed by atoms with van der Waals surface area (Å²) in [7, 11) is 2.09. The van der Waals surface area contributed by atoms with Crippen LogP contribution < -0.4 is 10.2 Å². The molecule has 116 valence electrons. The number of benzene rings is 1. The summed E-state index contributed by atoms with van der Waals surface area (Å²) in [5, 5.41) is 2.88. The highest BCUT2D eigenvalue weighted by molar-refractivity contribution is 5.76. The van der Waals surface area contributed by atoms with Crippen LogP contribution in [0.25, 0.3) is 0 Å². The van der Waals surface area contributed by atoms with Gasteiger partial charge >= 0.3 is 0 Å². The topological polar surface area (TPSA) is 35.6 Å². The van der Waals surface area contributed by atoms with Gasteiger partial charge in [0.1, 0.15) is 5.82 Å². The van der Waals surface area contributed by atoms with E-state index in [-0.39, 0.29) is 17.8 Å². The quantitative estimate of drug-likeness (QED) is 0.924. The fraction of sp³-hybridized carbons (Fsp3) is 0.562. The Balaban J connectivity index is 2.15. The molecule has 21 heavy (non-hydrogen) atoms. The molecule has 0 radical (unpaired) electrons. The molecule has 0 unspecified atom stereocenters. The maximum absolute atomic E-state index is 13.9. The number of likely N-dealkylation sites (N-methyl/N-ethyl adjacent to an activating group) is 1. The third-order valence-corrected chi connectivity index (χ3v) is 3.97. The molecule has 1 aromatic carbocycles. The minimum atomic E-state index is -0.251. The average Bonchev–Trinajstić information content (AvgIpc) is 2.47. The van der Waals surface area contributed by atoms with Crippen molar-refractivity contribution in [1.29, 1.82) is 0 Å². The van der Waals surface area contributed by atoms with Crippen LogP contribution in [0, 0.1) is 5.82 Å². The molecule has 0 aliphatic carbocycles. The summed E-state index contributed by atoms with van der Waals surface area (Å²) in [6.07, 6.45) is 0.435. The number of piperazine rings is 1. The Hall–Kier alpha value is -1.62. The van der Waals surface area contributed by atoms with Gasteiger partial charge in [-0.15, -0.1) is 0 Å². The molecule has 4 nitrogen and oxygen atoms in total. The van der Waals surface area contributed by atoms with Gasteiger partial charge in [0.15, 0.2) is 0 Å². The number of nitrogens with one attached hydrogen (secondary N) is 1. The Bertz CT molecular complexity index is 498. The van der Waals surface area contributed by atoms with Gasteiger partial charge in [-0.05, 0) is 37.7 Å². The number of carbonyl (C=O) groups is 1. The second kappa shape index (κ2) is 6.89. The summed E-state index contributed by atoms with van der Waals surface area (Å²) in [5.41, 5.74) is 1.71. The molecule has 1 fully saturated rings. The van der Waals surface area contributed by atoms with Crippen LogP contribution in [0.2, 0.25) is 0 Å². The SMILES string of the molecule is CCC(=O)N[C@H](C)c1cc(F)cc(N2CCN(C)CC2)c1. The van der Waals surface area contributed by atoms with Crippen LogP contribution >= 0.6 is 0 Å². The van der Waals surface area contributed by atoms with E-state index in [0.29, 0.717) is 6.42 Å². The lowest BCUT2D eigenvalue weighted by Crippen LogP contribution is -2.44. The Morgan fingerprint density at radius 1 is 1.29 bits per heavy atom. The lowest BCUT2D eigenvalue weighted by Gasteiger charge is -2.34. The van der Waals surface area contributed by atoms with Crippen molar-refractivity contribution in [2.45, 2.75) is 26.3 Å². The minimum absolute atomic E-state index is 0.0205. The molecule has 1 saturated heterocycles. The molecule has 1 atom stereocenters. The fourth-order valence-corrected chi connectivity index (χ4v) is 2.52. The molecule has 1 aromatic rings. The number of amides is 1. The summed E-state index contributed by atoms with van der Waals surface area (Å²) >= 11 is 0. The Morgan fingerprint density at radius 3 is 2.57 bits per heavy atom. The predicted octanol–water partition coefficient (Wildman–Crippen LogP) is 2.16. The van der Waals surface area contributed by atoms with Gasteiger partial charge in [0.25, 0.3) is 0 Å². The second-order valence-corrected chi connectivity index (χ2v) is 5.68. The highest BCUT2D eigenvalue weighted by Crippen LogP contribution is 2.23. The van der Waals surface area contributed by atoms with E-state index in [9.17, 15) is 9.18 Å². The van der Waals surface area contributed by atoms with Gasteiger partial charge in [-0.1, -0.05) is 6.92 Å². The monoisotopic (exact) mass is 293 g/mol. The zero-order valence-electron chi connectivity index (χ0n) is 13.0. The Kier molecular flexibility index (Phi) is 5.17. The number of hydrogen-bond donors (Lipinski definition) is 1. The minimum Gasteiger partial charge on any atom is -0.369 e. The van der Waals surface area contributed by atoms with E-state index in [4.69, 9.17) is 0 Å². The van der Waals surface area contributed by atoms with Crippen LogP contribution in [0.5, 0.6) is 0 Å². The highest BCUT2D eigenvalue weighted by Gasteiger charge is 2.17. The van der Waals surface area contributed by atoms with Crippen molar-refractivity contribution in [3.63, 3.8) is 0 Å². The van der Waals surface area contributed by atoms with E-state index in [1.165, 1.54) is 6.07 Å². The van der Waals surface area contributed by atoms with Crippen LogP contribution in [-0.4, -0.2) is 44.0 Å². The molecule has 1 aliphatic rings. The molecule has 0 saturated carbocycles. The second-order valence-electron chi connectivity index (χ2n) is 5.68. The van der Waals surface area contributed by atoms with Crippen molar-refractivity contribution in [1.82, 2.24) is 10.2 Å². The number of rotatable bonds is 4. The van der Waals surface area contributed by atoms with E-state index in [1.54, 1.807) is 6.07 Å². The summed E-state index contributed by atoms with van der Waals surface area (Å²) in [4.78, 5) is 15.9. The summed E-state index contributed by atoms with van der Waals surface area (Å²) in [5.74, 6) is -0.271. The molecule has 0 bridgehead atoms. The molecule has 1 aliphatic heterocycles. The smallest absolute Gasteiger partial charge is 0.220 e. The average molecular weight is 293 g/mol. The van der Waals surface area contributed by atoms with E-state index in [2.05, 4.69) is 22.2 Å². The van der Waals surface area contributed by atoms with Crippen LogP contribution in [0.3, 0.4) is 0 Å². The third-order valence-electron chi connectivity index (χ3n) is 3.97. The van der Waals surface area contributed by atoms with E-state index >= 15 is 0 Å². The fourth-order valence-electron chi connectivity index (χ4n) is 2.52. The van der Waals surface area contributed by atoms with Gasteiger partial charge in [0.05, 0.1) is 6.04 Å². The molecule has 0 aromatic heterocycles. The molecule has 5 heteroatoms. The van der Waals surface area contributed by atoms with Crippen molar-refractivity contribution in [2.24, 2.45) is 0 Å². The lowest BCUT2D eigenvalue weighted by molar-refractivity contribution is -0.121. The summed E-state index contributed by atoms with van der Waals surface area (Å²) in [6.45, 7) is 7.45. The van der Waals surface area contributed by atoms with Gasteiger partial charge < -0.3 is 15.1 Å². The van der Waals surface area contributed by atoms with Gasteiger partial charge in [-0.2, -0.15) is 0 Å². The number of carbonyl (C=O) groups excluding carboxylic acids is 1. The zero-order valence-corrected chi connectivity index (χ0v) is 13.0. The van der Waals surface area contributed by atoms with Crippen LogP contribution in [0.4, 0.5) is 10.1 Å². The van der Waals surface area contributed by atoms with Gasteiger partial charge in [0, 0.05) is 38.3 Å². The van der Waals surface area contributed by atoms with Crippen molar-refractivity contribution in [2.75, 3.05) is 38.1 Å². The highest BCUT2D eigenvalue weighted by atomic mass is 19.1. The molecule has 1 amide bonds. The zero-order chi connectivity index (χ0) is 15.4. The van der Waals surface area contributed by atoms with Gasteiger partial charge in [0.2, 0.25) is 5.91 Å². The van der Waals surface area contributed by atoms with Crippen molar-refractivity contribution in [3.8, 4) is 0 Å². The van der Waals surface area contributed by atoms with E-state index < -0.39 is 0 Å². The molecule has 1 N–H and O–H groups in total. The lowest BCUT2D eigenvalue weighted by atomic mass is 10.1. The molecule has 0 spiro atoms. The molecular formula is C16H24FN3O. The standard InChI is InChI=1S/C16H24FN3O/c1-4-16(21)18-12(2)13-9-14(17)11-15(10-13)20-7-5-19(3)6-8-20/h9-12H,4-8H2,1-3H3,(H,18,21)/t12-/m1/s1. The van der Waals surface area contributed by atoms with Crippen LogP contribution in [0.15, 0.2) is 18.2 Å². The van der Waals surface area contributed by atoms with Crippen LogP contribution in [-0.2, 0) is 4.79 Å². The first-order valence-electron chi connectivity index (χ1n) is 7.53. The first-order valence-corrected chi connectivity index (χ1v) is 7.53. The van der Waals surface area contributed by atoms with Gasteiger partial charge in [-0.3, -0.25) is 4.79 Å². The van der Waals surface area contributed by atoms with Crippen molar-refractivity contribution >= 4 is 11.6 Å². The number of nitrogens with zero attached hydrogens (tertiary/aromatic N) is 2. The maximum Gasteiger partial charge on any atom is 0.220 e. The Labute approximate surface area is 125 Å². The largest absolute Gasteiger partial charge is 0.369 e. The maximum atomic E-state index is 13.9. The van der Waals surface area contributed by atoms with Gasteiger partial charge in [-0.25, -0.2) is 4.39 Å². The number of anilines is 1. The first-order chi connectivity index (χ1) is 9.99. The first kappa shape index (κ1) is 15.8. The van der Waals surface area contributed by atoms with E-state index in [1.807, 2.05) is 19.9 Å². The van der Waals surface area contributed by atoms with Crippen molar-refractivity contribution < 1.29 is 9.18 Å². The number of halogens is 1. The Morgan fingerprint density at radius 2 is 1.95 bits per heavy atom. The van der Waals surface area contributed by atoms with Crippen molar-refractivity contribution in [3.05, 3.63) is 29.6 Å². The summed E-state index contributed by atoms with van der Waals surface area (Å²) < 4.78 is 13.9.